The van der Waals surface area contributed by atoms with Gasteiger partial charge in [0, 0.05) is 91.0 Å². The summed E-state index contributed by atoms with van der Waals surface area (Å²) in [4.78, 5) is 148. The molecule has 111 heavy (non-hydrogen) atoms. The number of carbonyl (C=O) groups is 8. The zero-order chi connectivity index (χ0) is 82.0. The van der Waals surface area contributed by atoms with Crippen LogP contribution in [0, 0.1) is 18.8 Å². The minimum atomic E-state index is -5.82. The lowest BCUT2D eigenvalue weighted by Gasteiger charge is -2.27. The Kier molecular flexibility index (Phi) is 32.0. The third-order valence-electron chi connectivity index (χ3n) is 17.9. The van der Waals surface area contributed by atoms with E-state index in [0.717, 1.165) is 30.0 Å². The number of aromatic nitrogens is 3. The van der Waals surface area contributed by atoms with Crippen molar-refractivity contribution in [3.05, 3.63) is 107 Å². The highest BCUT2D eigenvalue weighted by atomic mass is 33.1. The van der Waals surface area contributed by atoms with Crippen LogP contribution in [0.15, 0.2) is 89.9 Å². The molecule has 3 aliphatic rings. The number of phosphoric acid groups is 3. The standard InChI is InChI=1S/C68H90N11O26P3S3/c1-7-77-49-25-23-41(2)32-44(49)67(3,4)53(77)19-11-8-12-20-54-68(5,6)45-33-43(111(99,100)101)24-26-50(45)78(54)30-16-10-14-22-57(83)75-48(64(88)71-28-15-9-13-21-56(82)74-46(34-59(84)85)65(89)76-47(66(90)91)35-60(86)87)39-110-109-31-27-55(81)70-29-17-18-42-37-79(63-61(42)62(69)72-40-73-63)58-36-51(80)52(103-58)38-102-107(95,96)105-108(97,98)104-106(92,93)94/h8,11-12,19-20,23-26,32-33,37,40,46-48,51-52,58,80H,7,9-10,13-16,21-22,27-31,34-36,38-39H2,1-6H3,(H14-,69,70,71,72,73,74,75,76,81,82,83,84,85,86,87,88,89,90,91,92,93,94,95,96,97,98,99,100,101)/p+1/t46?,47?,48?,51?,52-,58-/m1/s1. The number of phosphoric ester groups is 1. The fraction of sp³-hybridized carbons (Fsp3) is 0.485. The van der Waals surface area contributed by atoms with Crippen molar-refractivity contribution in [2.75, 3.05) is 54.9 Å². The summed E-state index contributed by atoms with van der Waals surface area (Å²) in [5, 5.41) is 51.2. The number of benzene rings is 2. The molecule has 0 bridgehead atoms. The molecule has 5 heterocycles. The first kappa shape index (κ1) is 90.0. The van der Waals surface area contributed by atoms with Gasteiger partial charge in [0.2, 0.25) is 35.2 Å². The van der Waals surface area contributed by atoms with Crippen molar-refractivity contribution in [1.29, 1.82) is 0 Å². The number of hydrogen-bond donors (Lipinski definition) is 15. The van der Waals surface area contributed by atoms with E-state index in [4.69, 9.17) is 25.4 Å². The minimum Gasteiger partial charge on any atom is -0.481 e. The molecule has 606 valence electrons. The summed E-state index contributed by atoms with van der Waals surface area (Å²) in [7, 11) is -19.1. The molecular weight excluding hydrogens is 1580 g/mol. The van der Waals surface area contributed by atoms with Crippen molar-refractivity contribution in [3.8, 4) is 11.8 Å². The minimum absolute atomic E-state index is 0.00680. The van der Waals surface area contributed by atoms with Crippen LogP contribution in [-0.4, -0.2) is 200 Å². The number of allylic oxidation sites excluding steroid dienone is 6. The van der Waals surface area contributed by atoms with Crippen LogP contribution >= 0.6 is 45.1 Å². The molecule has 2 aromatic carbocycles. The topological polar surface area (TPSA) is 564 Å². The number of rotatable bonds is 42. The van der Waals surface area contributed by atoms with Crippen LogP contribution < -0.4 is 37.2 Å². The number of fused-ring (bicyclic) bond motifs is 3. The van der Waals surface area contributed by atoms with Gasteiger partial charge in [-0.2, -0.15) is 21.6 Å². The predicted octanol–water partition coefficient (Wildman–Crippen LogP) is 5.42. The average Bonchev–Trinajstić information content (AvgIpc) is 1.60. The number of nitrogens with one attached hydrogen (secondary N) is 5. The summed E-state index contributed by atoms with van der Waals surface area (Å²) in [5.74, 6) is -2.12. The molecule has 16 N–H and O–H groups in total. The maximum Gasteiger partial charge on any atom is 0.490 e. The molecule has 0 spiro atoms. The van der Waals surface area contributed by atoms with Gasteiger partial charge in [0.1, 0.15) is 54.8 Å². The van der Waals surface area contributed by atoms with Gasteiger partial charge >= 0.3 is 41.4 Å². The molecule has 2 aromatic heterocycles. The summed E-state index contributed by atoms with van der Waals surface area (Å²) in [6.07, 6.45) is 8.82. The Bertz CT molecular complexity index is 4630. The third-order valence-corrected chi connectivity index (χ3v) is 25.0. The monoisotopic (exact) mass is 1670 g/mol. The lowest BCUT2D eigenvalue weighted by Crippen LogP contribution is -2.52. The molecule has 7 rings (SSSR count). The number of aliphatic carboxylic acids is 3. The van der Waals surface area contributed by atoms with E-state index in [1.807, 2.05) is 43.5 Å². The molecule has 0 radical (unpaired) electrons. The Morgan fingerprint density at radius 1 is 0.784 bits per heavy atom. The van der Waals surface area contributed by atoms with Crippen LogP contribution in [0.3, 0.4) is 0 Å². The van der Waals surface area contributed by atoms with Crippen LogP contribution in [0.25, 0.3) is 11.0 Å². The van der Waals surface area contributed by atoms with E-state index in [1.165, 1.54) is 61.3 Å². The smallest absolute Gasteiger partial charge is 0.481 e. The van der Waals surface area contributed by atoms with Crippen LogP contribution in [0.1, 0.15) is 140 Å². The van der Waals surface area contributed by atoms with Crippen LogP contribution in [0.4, 0.5) is 17.2 Å². The van der Waals surface area contributed by atoms with E-state index in [9.17, 15) is 90.1 Å². The molecular formula is C68H91N11O26P3S3+. The van der Waals surface area contributed by atoms with Gasteiger partial charge in [-0.1, -0.05) is 90.0 Å². The summed E-state index contributed by atoms with van der Waals surface area (Å²) >= 11 is 0. The van der Waals surface area contributed by atoms with E-state index >= 15 is 0 Å². The molecule has 4 aromatic rings. The van der Waals surface area contributed by atoms with Gasteiger partial charge in [-0.05, 0) is 89.3 Å². The van der Waals surface area contributed by atoms with E-state index < -0.39 is 142 Å². The van der Waals surface area contributed by atoms with Gasteiger partial charge in [-0.15, -0.1) is 0 Å². The first-order valence-corrected chi connectivity index (χ1v) is 43.2. The highest BCUT2D eigenvalue weighted by molar-refractivity contribution is 8.76. The number of aryl methyl sites for hydroxylation is 1. The number of carbonyl (C=O) groups excluding carboxylic acids is 5. The van der Waals surface area contributed by atoms with Crippen molar-refractivity contribution in [3.63, 3.8) is 0 Å². The molecule has 0 aliphatic carbocycles. The lowest BCUT2D eigenvalue weighted by atomic mass is 9.81. The van der Waals surface area contributed by atoms with Gasteiger partial charge in [0.05, 0.1) is 53.4 Å². The number of ether oxygens (including phenoxy) is 1. The number of nitrogens with zero attached hydrogens (tertiary/aromatic N) is 5. The van der Waals surface area contributed by atoms with Crippen molar-refractivity contribution in [2.24, 2.45) is 0 Å². The molecule has 1 fully saturated rings. The maximum absolute atomic E-state index is 13.8. The molecule has 0 saturated carbocycles. The number of carboxylic acid groups (broad SMARTS) is 3. The van der Waals surface area contributed by atoms with Crippen molar-refractivity contribution >= 4 is 137 Å². The van der Waals surface area contributed by atoms with E-state index in [0.29, 0.717) is 44.2 Å². The van der Waals surface area contributed by atoms with Gasteiger partial charge in [0.25, 0.3) is 10.1 Å². The summed E-state index contributed by atoms with van der Waals surface area (Å²) in [5.41, 5.74) is 12.8. The van der Waals surface area contributed by atoms with Gasteiger partial charge in [-0.3, -0.25) is 42.6 Å². The first-order valence-electron chi connectivity index (χ1n) is 34.8. The number of nitrogens with two attached hydrogens (primary N) is 1. The number of aliphatic hydroxyl groups is 1. The van der Waals surface area contributed by atoms with E-state index in [2.05, 4.69) is 118 Å². The molecule has 43 heteroatoms. The van der Waals surface area contributed by atoms with Crippen LogP contribution in [0.5, 0.6) is 0 Å². The SMILES string of the molecule is CC[N+]1=C(/C=C/C=C/C=C2/N(CCCCCC(=O)NC(CSSCCC(=O)NCC#Cc3cn([C@H]4CC(O)[C@@H](COP(=O)(O)OP(=O)(O)OP(=O)(O)O)O4)c4ncnc(N)c34)C(=O)NCCCCCC(=O)NC(CC(=O)O)C(=O)NC(CC(=O)O)C(=O)O)c3ccc(S(=O)(=O)O)cc3C2(C)C)C(C)(C)c2cc(C)ccc21. The first-order chi connectivity index (χ1) is 52.0. The predicted molar refractivity (Wildman–Crippen MR) is 406 cm³/mol. The zero-order valence-corrected chi connectivity index (χ0v) is 66.4. The molecule has 5 amide bonds. The van der Waals surface area contributed by atoms with Gasteiger partial charge in [0.15, 0.2) is 5.71 Å². The maximum atomic E-state index is 13.8. The molecule has 8 atom stereocenters. The normalized spacial score (nSPS) is 18.8. The highest BCUT2D eigenvalue weighted by Crippen LogP contribution is 2.66. The van der Waals surface area contributed by atoms with E-state index in [-0.39, 0.29) is 89.4 Å². The van der Waals surface area contributed by atoms with Gasteiger partial charge in [-0.25, -0.2) is 28.5 Å². The fourth-order valence-corrected chi connectivity index (χ4v) is 18.2. The summed E-state index contributed by atoms with van der Waals surface area (Å²) in [6, 6.07) is 6.29. The average molecular weight is 1670 g/mol. The number of carboxylic acids is 3. The zero-order valence-electron chi connectivity index (χ0n) is 61.2. The fourth-order valence-electron chi connectivity index (χ4n) is 12.6. The quantitative estimate of drug-likeness (QED) is 0.00501. The summed E-state index contributed by atoms with van der Waals surface area (Å²) in [6.45, 7) is 12.8. The largest absolute Gasteiger partial charge is 0.490 e. The van der Waals surface area contributed by atoms with Crippen molar-refractivity contribution in [2.45, 2.75) is 171 Å². The Balaban J connectivity index is 0.943. The number of anilines is 2. The second-order valence-electron chi connectivity index (χ2n) is 26.9. The second-order valence-corrected chi connectivity index (χ2v) is 35.4. The Morgan fingerprint density at radius 3 is 2.12 bits per heavy atom. The highest BCUT2D eigenvalue weighted by Gasteiger charge is 2.46. The Morgan fingerprint density at radius 2 is 1.46 bits per heavy atom. The van der Waals surface area contributed by atoms with Crippen LogP contribution in [0.2, 0.25) is 0 Å². The number of aliphatic hydroxyl groups excluding tert-OH is 1. The number of unbranched alkanes of at least 4 members (excludes halogenated alkanes) is 4. The van der Waals surface area contributed by atoms with E-state index in [1.54, 1.807) is 6.07 Å². The van der Waals surface area contributed by atoms with Crippen molar-refractivity contribution in [1.82, 2.24) is 41.1 Å². The Hall–Kier alpha value is -8.19. The van der Waals surface area contributed by atoms with Crippen LogP contribution in [-0.2, 0) is 90.9 Å². The third kappa shape index (κ3) is 25.9. The second kappa shape index (κ2) is 39.5. The van der Waals surface area contributed by atoms with Gasteiger partial charge < -0.3 is 86.5 Å². The number of hydrogen-bond acceptors (Lipinski definition) is 24. The number of amides is 5. The molecule has 6 unspecified atom stereocenters. The Labute approximate surface area is 646 Å². The molecule has 37 nitrogen and oxygen atoms in total. The number of nitrogen functional groups attached to an aromatic ring is 1. The molecule has 1 saturated heterocycles. The summed E-state index contributed by atoms with van der Waals surface area (Å²) < 4.78 is 91.6. The lowest BCUT2D eigenvalue weighted by molar-refractivity contribution is -0.433. The van der Waals surface area contributed by atoms with Crippen molar-refractivity contribution < 1.29 is 127 Å². The molecule has 3 aliphatic heterocycles.